The first kappa shape index (κ1) is 16.9. The quantitative estimate of drug-likeness (QED) is 0.597. The minimum Gasteiger partial charge on any atom is -0.380 e. The highest BCUT2D eigenvalue weighted by molar-refractivity contribution is 4.77. The summed E-state index contributed by atoms with van der Waals surface area (Å²) in [5.74, 6) is 0. The van der Waals surface area contributed by atoms with Crippen molar-refractivity contribution in [1.29, 1.82) is 0 Å². The number of hydrogen-bond donors (Lipinski definition) is 1. The van der Waals surface area contributed by atoms with Crippen LogP contribution in [0.1, 0.15) is 41.5 Å². The molecule has 3 nitrogen and oxygen atoms in total. The molecule has 0 amide bonds. The average Bonchev–Trinajstić information content (AvgIpc) is 2.25. The van der Waals surface area contributed by atoms with Crippen LogP contribution >= 0.6 is 0 Å². The number of likely N-dealkylation sites (N-methyl/N-ethyl adjacent to an activating group) is 1. The van der Waals surface area contributed by atoms with Crippen LogP contribution in [0.2, 0.25) is 0 Å². The van der Waals surface area contributed by atoms with E-state index in [-0.39, 0.29) is 0 Å². The van der Waals surface area contributed by atoms with Crippen LogP contribution in [0.25, 0.3) is 0 Å². The van der Waals surface area contributed by atoms with Gasteiger partial charge in [-0.2, -0.15) is 0 Å². The predicted octanol–water partition coefficient (Wildman–Crippen LogP) is 2.37. The maximum Gasteiger partial charge on any atom is 0.0593 e. The summed E-state index contributed by atoms with van der Waals surface area (Å²) in [5, 5.41) is 3.52. The molecule has 3 heteroatoms. The summed E-state index contributed by atoms with van der Waals surface area (Å²) in [4.78, 5) is 2.47. The van der Waals surface area contributed by atoms with Gasteiger partial charge in [0.2, 0.25) is 0 Å². The van der Waals surface area contributed by atoms with Crippen molar-refractivity contribution >= 4 is 0 Å². The lowest BCUT2D eigenvalue weighted by Gasteiger charge is -2.33. The Morgan fingerprint density at radius 3 is 2.35 bits per heavy atom. The van der Waals surface area contributed by atoms with Gasteiger partial charge in [-0.05, 0) is 18.9 Å². The summed E-state index contributed by atoms with van der Waals surface area (Å²) >= 11 is 0. The Morgan fingerprint density at radius 1 is 1.24 bits per heavy atom. The summed E-state index contributed by atoms with van der Waals surface area (Å²) in [6, 6.07) is 0.563. The van der Waals surface area contributed by atoms with Crippen molar-refractivity contribution in [3.8, 4) is 0 Å². The molecule has 0 spiro atoms. The Balaban J connectivity index is 3.96. The van der Waals surface area contributed by atoms with Gasteiger partial charge < -0.3 is 15.0 Å². The van der Waals surface area contributed by atoms with Gasteiger partial charge in [-0.25, -0.2) is 0 Å². The SMILES string of the molecule is CCOCCN(CC)CC(C)(C)CNC(C)C. The lowest BCUT2D eigenvalue weighted by molar-refractivity contribution is 0.0964. The molecule has 0 unspecified atom stereocenters. The number of ether oxygens (including phenoxy) is 1. The van der Waals surface area contributed by atoms with Crippen LogP contribution in [0.3, 0.4) is 0 Å². The van der Waals surface area contributed by atoms with Gasteiger partial charge in [0.15, 0.2) is 0 Å². The zero-order valence-electron chi connectivity index (χ0n) is 12.7. The van der Waals surface area contributed by atoms with Crippen molar-refractivity contribution in [3.63, 3.8) is 0 Å². The minimum atomic E-state index is 0.312. The van der Waals surface area contributed by atoms with Crippen LogP contribution in [0.5, 0.6) is 0 Å². The summed E-state index contributed by atoms with van der Waals surface area (Å²) in [6.45, 7) is 19.3. The molecule has 0 atom stereocenters. The van der Waals surface area contributed by atoms with Crippen LogP contribution in [-0.4, -0.2) is 50.3 Å². The second-order valence-electron chi connectivity index (χ2n) is 5.77. The first-order chi connectivity index (χ1) is 7.91. The third-order valence-corrected chi connectivity index (χ3v) is 2.84. The summed E-state index contributed by atoms with van der Waals surface area (Å²) < 4.78 is 5.42. The predicted molar refractivity (Wildman–Crippen MR) is 75.5 cm³/mol. The van der Waals surface area contributed by atoms with Crippen molar-refractivity contribution < 1.29 is 4.74 Å². The van der Waals surface area contributed by atoms with Crippen LogP contribution in [-0.2, 0) is 4.74 Å². The van der Waals surface area contributed by atoms with E-state index in [2.05, 4.69) is 44.8 Å². The molecule has 0 radical (unpaired) electrons. The molecular formula is C14H32N2O. The van der Waals surface area contributed by atoms with Crippen LogP contribution < -0.4 is 5.32 Å². The van der Waals surface area contributed by atoms with Gasteiger partial charge in [-0.15, -0.1) is 0 Å². The molecule has 0 saturated heterocycles. The first-order valence-corrected chi connectivity index (χ1v) is 6.94. The molecule has 0 aromatic rings. The van der Waals surface area contributed by atoms with Gasteiger partial charge in [-0.3, -0.25) is 0 Å². The number of rotatable bonds is 10. The molecule has 0 aliphatic rings. The highest BCUT2D eigenvalue weighted by Crippen LogP contribution is 2.15. The molecule has 0 rings (SSSR count). The summed E-state index contributed by atoms with van der Waals surface area (Å²) in [5.41, 5.74) is 0.312. The maximum atomic E-state index is 5.42. The lowest BCUT2D eigenvalue weighted by atomic mass is 9.92. The van der Waals surface area contributed by atoms with Gasteiger partial charge in [0.25, 0.3) is 0 Å². The van der Waals surface area contributed by atoms with Crippen LogP contribution in [0.15, 0.2) is 0 Å². The molecule has 0 bridgehead atoms. The van der Waals surface area contributed by atoms with E-state index < -0.39 is 0 Å². The van der Waals surface area contributed by atoms with E-state index in [9.17, 15) is 0 Å². The molecule has 0 aromatic carbocycles. The second kappa shape index (κ2) is 8.90. The van der Waals surface area contributed by atoms with E-state index in [0.717, 1.165) is 39.4 Å². The summed E-state index contributed by atoms with van der Waals surface area (Å²) in [7, 11) is 0. The fraction of sp³-hybridized carbons (Fsp3) is 1.00. The minimum absolute atomic E-state index is 0.312. The van der Waals surface area contributed by atoms with Crippen LogP contribution in [0.4, 0.5) is 0 Å². The molecule has 0 heterocycles. The van der Waals surface area contributed by atoms with Gasteiger partial charge in [0, 0.05) is 32.3 Å². The Hall–Kier alpha value is -0.120. The molecule has 0 saturated carbocycles. The van der Waals surface area contributed by atoms with Crippen molar-refractivity contribution in [2.24, 2.45) is 5.41 Å². The first-order valence-electron chi connectivity index (χ1n) is 6.94. The van der Waals surface area contributed by atoms with Gasteiger partial charge >= 0.3 is 0 Å². The highest BCUT2D eigenvalue weighted by atomic mass is 16.5. The van der Waals surface area contributed by atoms with Gasteiger partial charge in [-0.1, -0.05) is 34.6 Å². The molecular weight excluding hydrogens is 212 g/mol. The van der Waals surface area contributed by atoms with Crippen molar-refractivity contribution in [1.82, 2.24) is 10.2 Å². The van der Waals surface area contributed by atoms with Gasteiger partial charge in [0.05, 0.1) is 6.61 Å². The molecule has 1 N–H and O–H groups in total. The van der Waals surface area contributed by atoms with E-state index in [1.165, 1.54) is 0 Å². The monoisotopic (exact) mass is 244 g/mol. The van der Waals surface area contributed by atoms with E-state index in [1.807, 2.05) is 6.92 Å². The number of nitrogens with one attached hydrogen (secondary N) is 1. The molecule has 17 heavy (non-hydrogen) atoms. The summed E-state index contributed by atoms with van der Waals surface area (Å²) in [6.07, 6.45) is 0. The normalized spacial score (nSPS) is 12.7. The lowest BCUT2D eigenvalue weighted by Crippen LogP contribution is -2.43. The topological polar surface area (TPSA) is 24.5 Å². The molecule has 104 valence electrons. The van der Waals surface area contributed by atoms with E-state index >= 15 is 0 Å². The molecule has 0 aliphatic carbocycles. The van der Waals surface area contributed by atoms with E-state index in [4.69, 9.17) is 4.74 Å². The highest BCUT2D eigenvalue weighted by Gasteiger charge is 2.21. The Morgan fingerprint density at radius 2 is 1.88 bits per heavy atom. The van der Waals surface area contributed by atoms with Crippen molar-refractivity contribution in [3.05, 3.63) is 0 Å². The van der Waals surface area contributed by atoms with E-state index in [0.29, 0.717) is 11.5 Å². The Kier molecular flexibility index (Phi) is 8.83. The maximum absolute atomic E-state index is 5.42. The Labute approximate surface area is 108 Å². The second-order valence-corrected chi connectivity index (χ2v) is 5.77. The molecule has 0 aromatic heterocycles. The number of nitrogens with zero attached hydrogens (tertiary/aromatic N) is 1. The van der Waals surface area contributed by atoms with Gasteiger partial charge in [0.1, 0.15) is 0 Å². The zero-order chi connectivity index (χ0) is 13.3. The van der Waals surface area contributed by atoms with Crippen LogP contribution in [0, 0.1) is 5.41 Å². The smallest absolute Gasteiger partial charge is 0.0593 e. The van der Waals surface area contributed by atoms with Crippen molar-refractivity contribution in [2.45, 2.75) is 47.6 Å². The number of hydrogen-bond acceptors (Lipinski definition) is 3. The third-order valence-electron chi connectivity index (χ3n) is 2.84. The standard InChI is InChI=1S/C14H32N2O/c1-7-16(9-10-17-8-2)12-14(5,6)11-15-13(3)4/h13,15H,7-12H2,1-6H3. The van der Waals surface area contributed by atoms with E-state index in [1.54, 1.807) is 0 Å². The zero-order valence-corrected chi connectivity index (χ0v) is 12.7. The fourth-order valence-corrected chi connectivity index (χ4v) is 1.83. The fourth-order valence-electron chi connectivity index (χ4n) is 1.83. The average molecular weight is 244 g/mol. The Bertz CT molecular complexity index is 181. The molecule has 0 fully saturated rings. The van der Waals surface area contributed by atoms with Crippen molar-refractivity contribution in [2.75, 3.05) is 39.4 Å². The largest absolute Gasteiger partial charge is 0.380 e. The molecule has 0 aliphatic heterocycles. The third kappa shape index (κ3) is 9.57.